The van der Waals surface area contributed by atoms with Crippen LogP contribution in [0.25, 0.3) is 12.2 Å². The molecule has 0 radical (unpaired) electrons. The largest absolute Gasteiger partial charge is 0.311 e. The summed E-state index contributed by atoms with van der Waals surface area (Å²) in [6.45, 7) is 0. The molecular formula is C10H6Br2N2O4. The Balaban J connectivity index is 3.07. The van der Waals surface area contributed by atoms with Gasteiger partial charge in [0.15, 0.2) is 0 Å². The molecule has 0 atom stereocenters. The Labute approximate surface area is 119 Å². The molecule has 0 fully saturated rings. The molecule has 0 aliphatic heterocycles. The number of hydrogen-bond acceptors (Lipinski definition) is 4. The van der Waals surface area contributed by atoms with Crippen molar-refractivity contribution in [2.24, 2.45) is 0 Å². The molecule has 18 heavy (non-hydrogen) atoms. The average molecular weight is 378 g/mol. The van der Waals surface area contributed by atoms with Crippen LogP contribution in [-0.2, 0) is 0 Å². The molecule has 8 heteroatoms. The van der Waals surface area contributed by atoms with E-state index in [-0.39, 0.29) is 9.21 Å². The highest BCUT2D eigenvalue weighted by Gasteiger charge is 2.06. The van der Waals surface area contributed by atoms with Crippen LogP contribution >= 0.6 is 31.9 Å². The SMILES string of the molecule is O=[N+]([O-])/C(Br)=C/c1cccc(/C=C(\Br)[N+](=O)[O-])c1. The predicted molar refractivity (Wildman–Crippen MR) is 74.2 cm³/mol. The molecule has 0 bridgehead atoms. The monoisotopic (exact) mass is 376 g/mol. The van der Waals surface area contributed by atoms with Gasteiger partial charge in [-0.2, -0.15) is 0 Å². The minimum Gasteiger partial charge on any atom is -0.258 e. The molecule has 1 aromatic rings. The first-order valence-corrected chi connectivity index (χ1v) is 6.12. The van der Waals surface area contributed by atoms with Crippen molar-refractivity contribution < 1.29 is 9.85 Å². The van der Waals surface area contributed by atoms with E-state index in [1.807, 2.05) is 0 Å². The second kappa shape index (κ2) is 6.41. The maximum atomic E-state index is 10.4. The third-order valence-electron chi connectivity index (χ3n) is 1.83. The van der Waals surface area contributed by atoms with E-state index in [2.05, 4.69) is 31.9 Å². The van der Waals surface area contributed by atoms with Crippen molar-refractivity contribution in [3.8, 4) is 0 Å². The molecule has 1 rings (SSSR count). The van der Waals surface area contributed by atoms with E-state index in [1.54, 1.807) is 24.3 Å². The van der Waals surface area contributed by atoms with E-state index in [4.69, 9.17) is 0 Å². The van der Waals surface area contributed by atoms with Crippen LogP contribution in [0.4, 0.5) is 0 Å². The van der Waals surface area contributed by atoms with Crippen molar-refractivity contribution in [1.29, 1.82) is 0 Å². The van der Waals surface area contributed by atoms with Crippen molar-refractivity contribution in [1.82, 2.24) is 0 Å². The molecule has 0 aliphatic rings. The zero-order valence-electron chi connectivity index (χ0n) is 8.75. The van der Waals surface area contributed by atoms with E-state index in [0.29, 0.717) is 11.1 Å². The smallest absolute Gasteiger partial charge is 0.258 e. The standard InChI is InChI=1S/C10H6Br2N2O4/c11-9(13(15)16)5-7-2-1-3-8(4-7)6-10(12)14(17)18/h1-6H/b9-5+,10-6+. The molecule has 1 aromatic carbocycles. The van der Waals surface area contributed by atoms with Crippen LogP contribution in [0.1, 0.15) is 11.1 Å². The zero-order valence-corrected chi connectivity index (χ0v) is 11.9. The number of hydrogen-bond donors (Lipinski definition) is 0. The molecule has 0 aliphatic carbocycles. The van der Waals surface area contributed by atoms with Gasteiger partial charge in [-0.15, -0.1) is 0 Å². The van der Waals surface area contributed by atoms with Crippen LogP contribution in [0.15, 0.2) is 33.5 Å². The molecule has 0 unspecified atom stereocenters. The summed E-state index contributed by atoms with van der Waals surface area (Å²) in [5.41, 5.74) is 1.13. The van der Waals surface area contributed by atoms with Crippen LogP contribution in [0, 0.1) is 20.2 Å². The Morgan fingerprint density at radius 1 is 1.00 bits per heavy atom. The maximum Gasteiger partial charge on any atom is 0.311 e. The molecule has 0 N–H and O–H groups in total. The van der Waals surface area contributed by atoms with Crippen LogP contribution in [0.3, 0.4) is 0 Å². The second-order valence-electron chi connectivity index (χ2n) is 3.12. The van der Waals surface area contributed by atoms with Crippen LogP contribution in [0.2, 0.25) is 0 Å². The number of benzene rings is 1. The van der Waals surface area contributed by atoms with Crippen molar-refractivity contribution in [3.63, 3.8) is 0 Å². The molecule has 0 heterocycles. The number of nitro groups is 2. The lowest BCUT2D eigenvalue weighted by atomic mass is 10.1. The Bertz CT molecular complexity index is 509. The highest BCUT2D eigenvalue weighted by Crippen LogP contribution is 2.17. The normalized spacial score (nSPS) is 12.3. The van der Waals surface area contributed by atoms with Gasteiger partial charge < -0.3 is 0 Å². The molecule has 0 spiro atoms. The van der Waals surface area contributed by atoms with Gasteiger partial charge in [0.05, 0.1) is 9.85 Å². The highest BCUT2D eigenvalue weighted by molar-refractivity contribution is 9.11. The lowest BCUT2D eigenvalue weighted by Crippen LogP contribution is -1.91. The number of nitrogens with zero attached hydrogens (tertiary/aromatic N) is 2. The van der Waals surface area contributed by atoms with Gasteiger partial charge in [-0.05, 0) is 17.2 Å². The van der Waals surface area contributed by atoms with Gasteiger partial charge in [-0.1, -0.05) is 18.2 Å². The Morgan fingerprint density at radius 3 is 1.72 bits per heavy atom. The van der Waals surface area contributed by atoms with Gasteiger partial charge in [0.25, 0.3) is 0 Å². The fourth-order valence-corrected chi connectivity index (χ4v) is 1.65. The van der Waals surface area contributed by atoms with Crippen molar-refractivity contribution in [3.05, 3.63) is 64.8 Å². The van der Waals surface area contributed by atoms with Gasteiger partial charge in [0.2, 0.25) is 0 Å². The van der Waals surface area contributed by atoms with E-state index in [1.165, 1.54) is 12.2 Å². The average Bonchev–Trinajstić information content (AvgIpc) is 2.29. The third-order valence-corrected chi connectivity index (χ3v) is 2.87. The van der Waals surface area contributed by atoms with Gasteiger partial charge in [0.1, 0.15) is 0 Å². The summed E-state index contributed by atoms with van der Waals surface area (Å²) in [7, 11) is 0. The molecule has 6 nitrogen and oxygen atoms in total. The molecule has 0 amide bonds. The summed E-state index contributed by atoms with van der Waals surface area (Å²) >= 11 is 5.61. The topological polar surface area (TPSA) is 86.3 Å². The lowest BCUT2D eigenvalue weighted by molar-refractivity contribution is -0.407. The minimum atomic E-state index is -0.574. The first kappa shape index (κ1) is 14.5. The van der Waals surface area contributed by atoms with E-state index < -0.39 is 9.85 Å². The number of halogens is 2. The predicted octanol–water partition coefficient (Wildman–Crippen LogP) is 3.63. The van der Waals surface area contributed by atoms with Gasteiger partial charge in [-0.25, -0.2) is 0 Å². The summed E-state index contributed by atoms with van der Waals surface area (Å²) in [4.78, 5) is 19.7. The number of rotatable bonds is 4. The van der Waals surface area contributed by atoms with Gasteiger partial charge in [-0.3, -0.25) is 20.2 Å². The quantitative estimate of drug-likeness (QED) is 0.455. The minimum absolute atomic E-state index is 0.183. The van der Waals surface area contributed by atoms with Crippen LogP contribution in [-0.4, -0.2) is 9.85 Å². The summed E-state index contributed by atoms with van der Waals surface area (Å²) < 4.78 is -0.367. The van der Waals surface area contributed by atoms with Gasteiger partial charge in [0, 0.05) is 44.0 Å². The summed E-state index contributed by atoms with van der Waals surface area (Å²) in [5.74, 6) is 0. The summed E-state index contributed by atoms with van der Waals surface area (Å²) in [5, 5.41) is 20.9. The first-order valence-electron chi connectivity index (χ1n) is 4.53. The molecule has 0 aromatic heterocycles. The van der Waals surface area contributed by atoms with Crippen molar-refractivity contribution >= 4 is 44.0 Å². The van der Waals surface area contributed by atoms with Crippen LogP contribution in [0.5, 0.6) is 0 Å². The zero-order chi connectivity index (χ0) is 13.7. The van der Waals surface area contributed by atoms with E-state index in [9.17, 15) is 20.2 Å². The molecular weight excluding hydrogens is 372 g/mol. The first-order chi connectivity index (χ1) is 8.40. The van der Waals surface area contributed by atoms with Crippen molar-refractivity contribution in [2.75, 3.05) is 0 Å². The summed E-state index contributed by atoms with van der Waals surface area (Å²) in [6.07, 6.45) is 2.63. The molecule has 0 saturated carbocycles. The Morgan fingerprint density at radius 2 is 1.39 bits per heavy atom. The Hall–Kier alpha value is -1.54. The van der Waals surface area contributed by atoms with Gasteiger partial charge >= 0.3 is 9.21 Å². The van der Waals surface area contributed by atoms with E-state index in [0.717, 1.165) is 0 Å². The third kappa shape index (κ3) is 4.38. The molecule has 0 saturated heterocycles. The fourth-order valence-electron chi connectivity index (χ4n) is 1.12. The van der Waals surface area contributed by atoms with E-state index >= 15 is 0 Å². The molecule has 94 valence electrons. The van der Waals surface area contributed by atoms with Crippen molar-refractivity contribution in [2.45, 2.75) is 0 Å². The maximum absolute atomic E-state index is 10.4. The second-order valence-corrected chi connectivity index (χ2v) is 4.74. The highest BCUT2D eigenvalue weighted by atomic mass is 79.9. The lowest BCUT2D eigenvalue weighted by Gasteiger charge is -1.96. The van der Waals surface area contributed by atoms with Crippen LogP contribution < -0.4 is 0 Å². The fraction of sp³-hybridized carbons (Fsp3) is 0. The summed E-state index contributed by atoms with van der Waals surface area (Å²) in [6, 6.07) is 6.55. The Kier molecular flexibility index (Phi) is 5.17.